The van der Waals surface area contributed by atoms with Crippen molar-refractivity contribution >= 4 is 5.82 Å². The Balaban J connectivity index is 2.51. The van der Waals surface area contributed by atoms with Gasteiger partial charge in [0, 0.05) is 18.0 Å². The maximum atomic E-state index is 5.61. The summed E-state index contributed by atoms with van der Waals surface area (Å²) in [6.45, 7) is 0. The molecule has 4 nitrogen and oxygen atoms in total. The lowest BCUT2D eigenvalue weighted by Crippen LogP contribution is -1.88. The summed E-state index contributed by atoms with van der Waals surface area (Å²) in [6.07, 6.45) is 5.01. The highest BCUT2D eigenvalue weighted by Gasteiger charge is 2.02. The molecule has 0 radical (unpaired) electrons. The summed E-state index contributed by atoms with van der Waals surface area (Å²) in [5.41, 5.74) is 7.45. The molecule has 0 unspecified atom stereocenters. The van der Waals surface area contributed by atoms with E-state index >= 15 is 0 Å². The summed E-state index contributed by atoms with van der Waals surface area (Å²) in [7, 11) is 0. The second kappa shape index (κ2) is 2.65. The fourth-order valence-electron chi connectivity index (χ4n) is 1.05. The minimum Gasteiger partial charge on any atom is -0.382 e. The van der Waals surface area contributed by atoms with Crippen LogP contribution in [0.25, 0.3) is 11.3 Å². The van der Waals surface area contributed by atoms with Crippen molar-refractivity contribution in [3.8, 4) is 11.3 Å². The van der Waals surface area contributed by atoms with Gasteiger partial charge in [-0.25, -0.2) is 4.98 Å². The van der Waals surface area contributed by atoms with Crippen LogP contribution in [0.5, 0.6) is 0 Å². The molecular formula is C8H8N4. The highest BCUT2D eigenvalue weighted by atomic mass is 15.0. The van der Waals surface area contributed by atoms with Crippen molar-refractivity contribution in [2.75, 3.05) is 5.73 Å². The van der Waals surface area contributed by atoms with Crippen molar-refractivity contribution in [3.63, 3.8) is 0 Å². The molecule has 0 atom stereocenters. The molecule has 0 aliphatic carbocycles. The fourth-order valence-corrected chi connectivity index (χ4v) is 1.05. The van der Waals surface area contributed by atoms with Gasteiger partial charge in [0.1, 0.15) is 5.82 Å². The molecule has 3 N–H and O–H groups in total. The van der Waals surface area contributed by atoms with Crippen molar-refractivity contribution in [3.05, 3.63) is 30.9 Å². The molecule has 2 aromatic heterocycles. The van der Waals surface area contributed by atoms with E-state index in [4.69, 9.17) is 5.73 Å². The van der Waals surface area contributed by atoms with Crippen LogP contribution < -0.4 is 5.73 Å². The zero-order valence-corrected chi connectivity index (χ0v) is 6.36. The lowest BCUT2D eigenvalue weighted by molar-refractivity contribution is 1.30. The van der Waals surface area contributed by atoms with Crippen LogP contribution in [0.2, 0.25) is 0 Å². The normalized spacial score (nSPS) is 10.0. The lowest BCUT2D eigenvalue weighted by atomic mass is 10.2. The van der Waals surface area contributed by atoms with Gasteiger partial charge in [-0.3, -0.25) is 4.98 Å². The Labute approximate surface area is 69.5 Å². The highest BCUT2D eigenvalue weighted by Crippen LogP contribution is 2.19. The molecule has 4 heteroatoms. The first kappa shape index (κ1) is 6.84. The van der Waals surface area contributed by atoms with Crippen molar-refractivity contribution in [2.24, 2.45) is 0 Å². The van der Waals surface area contributed by atoms with E-state index in [9.17, 15) is 0 Å². The summed E-state index contributed by atoms with van der Waals surface area (Å²) in [4.78, 5) is 10.8. The quantitative estimate of drug-likeness (QED) is 0.655. The molecular weight excluding hydrogens is 152 g/mol. The summed E-state index contributed by atoms with van der Waals surface area (Å²) >= 11 is 0. The van der Waals surface area contributed by atoms with Gasteiger partial charge in [0.05, 0.1) is 12.0 Å². The van der Waals surface area contributed by atoms with E-state index < -0.39 is 0 Å². The van der Waals surface area contributed by atoms with Gasteiger partial charge in [0.25, 0.3) is 0 Å². The molecule has 0 aliphatic rings. The van der Waals surface area contributed by atoms with Gasteiger partial charge in [-0.2, -0.15) is 0 Å². The minimum atomic E-state index is 0.515. The monoisotopic (exact) mass is 160 g/mol. The van der Waals surface area contributed by atoms with E-state index in [0.717, 1.165) is 11.3 Å². The SMILES string of the molecule is Nc1nc[nH]c1-c1ccncc1. The summed E-state index contributed by atoms with van der Waals surface area (Å²) in [6, 6.07) is 3.76. The summed E-state index contributed by atoms with van der Waals surface area (Å²) in [5.74, 6) is 0.515. The molecule has 0 amide bonds. The molecule has 0 saturated heterocycles. The van der Waals surface area contributed by atoms with Crippen LogP contribution in [0.15, 0.2) is 30.9 Å². The van der Waals surface area contributed by atoms with Gasteiger partial charge in [0.15, 0.2) is 0 Å². The van der Waals surface area contributed by atoms with Gasteiger partial charge in [-0.1, -0.05) is 0 Å². The molecule has 0 spiro atoms. The Bertz CT molecular complexity index is 366. The lowest BCUT2D eigenvalue weighted by Gasteiger charge is -1.96. The number of nitrogens with two attached hydrogens (primary N) is 1. The van der Waals surface area contributed by atoms with E-state index in [1.165, 1.54) is 0 Å². The van der Waals surface area contributed by atoms with Crippen LogP contribution in [-0.4, -0.2) is 15.0 Å². The predicted octanol–water partition coefficient (Wildman–Crippen LogP) is 1.05. The van der Waals surface area contributed by atoms with E-state index in [1.807, 2.05) is 12.1 Å². The van der Waals surface area contributed by atoms with Crippen LogP contribution in [-0.2, 0) is 0 Å². The first-order valence-corrected chi connectivity index (χ1v) is 3.57. The van der Waals surface area contributed by atoms with Gasteiger partial charge in [-0.15, -0.1) is 0 Å². The third kappa shape index (κ3) is 1.03. The number of aromatic amines is 1. The number of pyridine rings is 1. The third-order valence-corrected chi connectivity index (χ3v) is 1.64. The second-order valence-electron chi connectivity index (χ2n) is 2.40. The Kier molecular flexibility index (Phi) is 1.51. The van der Waals surface area contributed by atoms with Gasteiger partial charge < -0.3 is 10.7 Å². The average molecular weight is 160 g/mol. The summed E-state index contributed by atoms with van der Waals surface area (Å²) in [5, 5.41) is 0. The van der Waals surface area contributed by atoms with Crippen LogP contribution in [0.3, 0.4) is 0 Å². The minimum absolute atomic E-state index is 0.515. The molecule has 0 fully saturated rings. The molecule has 2 rings (SSSR count). The van der Waals surface area contributed by atoms with Crippen LogP contribution in [0, 0.1) is 0 Å². The van der Waals surface area contributed by atoms with Gasteiger partial charge >= 0.3 is 0 Å². The number of nitrogens with zero attached hydrogens (tertiary/aromatic N) is 2. The van der Waals surface area contributed by atoms with Crippen LogP contribution in [0.1, 0.15) is 0 Å². The second-order valence-corrected chi connectivity index (χ2v) is 2.40. The number of hydrogen-bond donors (Lipinski definition) is 2. The first-order valence-electron chi connectivity index (χ1n) is 3.57. The van der Waals surface area contributed by atoms with Crippen molar-refractivity contribution in [1.82, 2.24) is 15.0 Å². The molecule has 0 aromatic carbocycles. The fraction of sp³-hybridized carbons (Fsp3) is 0. The first-order chi connectivity index (χ1) is 5.88. The number of hydrogen-bond acceptors (Lipinski definition) is 3. The molecule has 60 valence electrons. The highest BCUT2D eigenvalue weighted by molar-refractivity contribution is 5.69. The largest absolute Gasteiger partial charge is 0.382 e. The number of nitrogen functional groups attached to an aromatic ring is 1. The number of rotatable bonds is 1. The van der Waals surface area contributed by atoms with Crippen molar-refractivity contribution in [2.45, 2.75) is 0 Å². The molecule has 2 heterocycles. The number of H-pyrrole nitrogens is 1. The van der Waals surface area contributed by atoms with Gasteiger partial charge in [0.2, 0.25) is 0 Å². The smallest absolute Gasteiger partial charge is 0.149 e. The van der Waals surface area contributed by atoms with E-state index in [2.05, 4.69) is 15.0 Å². The van der Waals surface area contributed by atoms with E-state index in [0.29, 0.717) is 5.82 Å². The van der Waals surface area contributed by atoms with E-state index in [1.54, 1.807) is 18.7 Å². The number of aromatic nitrogens is 3. The summed E-state index contributed by atoms with van der Waals surface area (Å²) < 4.78 is 0. The Morgan fingerprint density at radius 3 is 2.58 bits per heavy atom. The topological polar surface area (TPSA) is 67.6 Å². The van der Waals surface area contributed by atoms with Crippen LogP contribution in [0.4, 0.5) is 5.82 Å². The Morgan fingerprint density at radius 2 is 2.00 bits per heavy atom. The zero-order valence-electron chi connectivity index (χ0n) is 6.36. The molecule has 0 aliphatic heterocycles. The molecule has 0 saturated carbocycles. The predicted molar refractivity (Wildman–Crippen MR) is 46.2 cm³/mol. The van der Waals surface area contributed by atoms with Crippen LogP contribution >= 0.6 is 0 Å². The molecule has 0 bridgehead atoms. The number of imidazole rings is 1. The zero-order chi connectivity index (χ0) is 8.39. The Hall–Kier alpha value is -1.84. The number of anilines is 1. The third-order valence-electron chi connectivity index (χ3n) is 1.64. The Morgan fingerprint density at radius 1 is 1.25 bits per heavy atom. The molecule has 12 heavy (non-hydrogen) atoms. The average Bonchev–Trinajstić information content (AvgIpc) is 2.53. The molecule has 2 aromatic rings. The van der Waals surface area contributed by atoms with Crippen molar-refractivity contribution in [1.29, 1.82) is 0 Å². The van der Waals surface area contributed by atoms with Crippen molar-refractivity contribution < 1.29 is 0 Å². The maximum absolute atomic E-state index is 5.61. The van der Waals surface area contributed by atoms with E-state index in [-0.39, 0.29) is 0 Å². The standard InChI is InChI=1S/C8H8N4/c9-8-7(11-5-12-8)6-1-3-10-4-2-6/h1-5H,9H2,(H,11,12). The maximum Gasteiger partial charge on any atom is 0.149 e. The number of nitrogens with one attached hydrogen (secondary N) is 1. The van der Waals surface area contributed by atoms with Gasteiger partial charge in [-0.05, 0) is 12.1 Å².